The molecule has 1 amide bonds. The normalized spacial score (nSPS) is 17.7. The molecule has 0 radical (unpaired) electrons. The molecular weight excluding hydrogens is 294 g/mol. The summed E-state index contributed by atoms with van der Waals surface area (Å²) in [5, 5.41) is 12.8. The zero-order valence-corrected chi connectivity index (χ0v) is 13.2. The second-order valence-corrected chi connectivity index (χ2v) is 5.88. The van der Waals surface area contributed by atoms with E-state index in [9.17, 15) is 4.79 Å². The van der Waals surface area contributed by atoms with Crippen LogP contribution in [0.15, 0.2) is 28.8 Å². The fourth-order valence-electron chi connectivity index (χ4n) is 3.07. The molecule has 1 saturated heterocycles. The molecule has 23 heavy (non-hydrogen) atoms. The minimum Gasteiger partial charge on any atom is -0.396 e. The lowest BCUT2D eigenvalue weighted by Crippen LogP contribution is -2.35. The molecule has 122 valence electrons. The maximum absolute atomic E-state index is 12.7. The van der Waals surface area contributed by atoms with Crippen molar-refractivity contribution in [2.75, 3.05) is 13.2 Å². The highest BCUT2D eigenvalue weighted by Gasteiger charge is 2.28. The Morgan fingerprint density at radius 3 is 2.83 bits per heavy atom. The number of carbonyl (C=O) groups is 1. The van der Waals surface area contributed by atoms with Gasteiger partial charge in [0.15, 0.2) is 5.82 Å². The van der Waals surface area contributed by atoms with E-state index < -0.39 is 0 Å². The van der Waals surface area contributed by atoms with Crippen molar-refractivity contribution in [1.82, 2.24) is 15.0 Å². The highest BCUT2D eigenvalue weighted by molar-refractivity contribution is 5.95. The van der Waals surface area contributed by atoms with Crippen molar-refractivity contribution < 1.29 is 14.4 Å². The average molecular weight is 315 g/mol. The SMILES string of the molecule is Cc1noc(-c2ccc(C(=O)N3CCCC3CCCO)cc2)n1. The molecular formula is C17H21N3O3. The van der Waals surface area contributed by atoms with Crippen molar-refractivity contribution in [2.24, 2.45) is 0 Å². The summed E-state index contributed by atoms with van der Waals surface area (Å²) in [6.45, 7) is 2.74. The fraction of sp³-hybridized carbons (Fsp3) is 0.471. The first-order valence-corrected chi connectivity index (χ1v) is 8.01. The number of likely N-dealkylation sites (tertiary alicyclic amines) is 1. The third kappa shape index (κ3) is 3.42. The van der Waals surface area contributed by atoms with E-state index in [-0.39, 0.29) is 18.6 Å². The minimum atomic E-state index is 0.0544. The van der Waals surface area contributed by atoms with Crippen molar-refractivity contribution in [3.8, 4) is 11.5 Å². The monoisotopic (exact) mass is 315 g/mol. The lowest BCUT2D eigenvalue weighted by molar-refractivity contribution is 0.0724. The molecule has 3 rings (SSSR count). The maximum atomic E-state index is 12.7. The van der Waals surface area contributed by atoms with Gasteiger partial charge in [0.05, 0.1) is 0 Å². The number of aliphatic hydroxyl groups excluding tert-OH is 1. The Kier molecular flexibility index (Phi) is 4.71. The van der Waals surface area contributed by atoms with Crippen molar-refractivity contribution >= 4 is 5.91 Å². The number of amides is 1. The molecule has 1 atom stereocenters. The summed E-state index contributed by atoms with van der Waals surface area (Å²) >= 11 is 0. The van der Waals surface area contributed by atoms with Crippen molar-refractivity contribution in [1.29, 1.82) is 0 Å². The zero-order valence-electron chi connectivity index (χ0n) is 13.2. The fourth-order valence-corrected chi connectivity index (χ4v) is 3.07. The molecule has 2 aromatic rings. The van der Waals surface area contributed by atoms with Crippen LogP contribution < -0.4 is 0 Å². The standard InChI is InChI=1S/C17H21N3O3/c1-12-18-16(23-19-12)13-6-8-14(9-7-13)17(22)20-10-2-4-15(20)5-3-11-21/h6-9,15,21H,2-5,10-11H2,1H3. The van der Waals surface area contributed by atoms with E-state index in [1.54, 1.807) is 19.1 Å². The molecule has 1 aliphatic rings. The lowest BCUT2D eigenvalue weighted by atomic mass is 10.1. The molecule has 1 aromatic carbocycles. The number of hydrogen-bond donors (Lipinski definition) is 1. The quantitative estimate of drug-likeness (QED) is 0.916. The first kappa shape index (κ1) is 15.7. The number of aliphatic hydroxyl groups is 1. The maximum Gasteiger partial charge on any atom is 0.257 e. The summed E-state index contributed by atoms with van der Waals surface area (Å²) in [5.41, 5.74) is 1.47. The molecule has 6 heteroatoms. The molecule has 6 nitrogen and oxygen atoms in total. The number of hydrogen-bond acceptors (Lipinski definition) is 5. The van der Waals surface area contributed by atoms with Gasteiger partial charge in [0.1, 0.15) is 0 Å². The minimum absolute atomic E-state index is 0.0544. The van der Waals surface area contributed by atoms with E-state index in [0.717, 1.165) is 37.8 Å². The molecule has 0 spiro atoms. The summed E-state index contributed by atoms with van der Waals surface area (Å²) in [7, 11) is 0. The third-order valence-electron chi connectivity index (χ3n) is 4.24. The lowest BCUT2D eigenvalue weighted by Gasteiger charge is -2.24. The van der Waals surface area contributed by atoms with Gasteiger partial charge in [-0.1, -0.05) is 5.16 Å². The second kappa shape index (κ2) is 6.91. The number of aryl methyl sites for hydroxylation is 1. The van der Waals surface area contributed by atoms with Crippen LogP contribution in [-0.2, 0) is 0 Å². The van der Waals surface area contributed by atoms with Gasteiger partial charge in [-0.25, -0.2) is 0 Å². The Labute approximate surface area is 135 Å². The van der Waals surface area contributed by atoms with E-state index in [1.165, 1.54) is 0 Å². The van der Waals surface area contributed by atoms with Gasteiger partial charge < -0.3 is 14.5 Å². The first-order valence-electron chi connectivity index (χ1n) is 8.01. The average Bonchev–Trinajstić information content (AvgIpc) is 3.21. The molecule has 1 N–H and O–H groups in total. The summed E-state index contributed by atoms with van der Waals surface area (Å²) in [5.74, 6) is 1.10. The molecule has 0 bridgehead atoms. The van der Waals surface area contributed by atoms with Crippen LogP contribution in [0.5, 0.6) is 0 Å². The summed E-state index contributed by atoms with van der Waals surface area (Å²) in [4.78, 5) is 18.8. The summed E-state index contributed by atoms with van der Waals surface area (Å²) in [6.07, 6.45) is 3.65. The van der Waals surface area contributed by atoms with Crippen LogP contribution in [0.4, 0.5) is 0 Å². The van der Waals surface area contributed by atoms with Crippen molar-refractivity contribution in [3.05, 3.63) is 35.7 Å². The Bertz CT molecular complexity index is 666. The van der Waals surface area contributed by atoms with Crippen LogP contribution in [0.1, 0.15) is 41.9 Å². The van der Waals surface area contributed by atoms with Crippen LogP contribution >= 0.6 is 0 Å². The first-order chi connectivity index (χ1) is 11.2. The zero-order chi connectivity index (χ0) is 16.2. The van der Waals surface area contributed by atoms with Gasteiger partial charge in [-0.2, -0.15) is 4.98 Å². The Hall–Kier alpha value is -2.21. The van der Waals surface area contributed by atoms with Crippen molar-refractivity contribution in [3.63, 3.8) is 0 Å². The van der Waals surface area contributed by atoms with E-state index in [0.29, 0.717) is 17.3 Å². The predicted molar refractivity (Wildman–Crippen MR) is 84.8 cm³/mol. The van der Waals surface area contributed by atoms with Gasteiger partial charge in [0, 0.05) is 30.3 Å². The number of carbonyl (C=O) groups excluding carboxylic acids is 1. The number of aromatic nitrogens is 2. The summed E-state index contributed by atoms with van der Waals surface area (Å²) < 4.78 is 5.13. The Morgan fingerprint density at radius 1 is 1.39 bits per heavy atom. The molecule has 2 heterocycles. The van der Waals surface area contributed by atoms with Crippen LogP contribution in [0, 0.1) is 6.92 Å². The molecule has 1 aromatic heterocycles. The van der Waals surface area contributed by atoms with Gasteiger partial charge in [0.25, 0.3) is 11.8 Å². The van der Waals surface area contributed by atoms with Crippen LogP contribution in [0.3, 0.4) is 0 Å². The topological polar surface area (TPSA) is 79.5 Å². The van der Waals surface area contributed by atoms with E-state index in [2.05, 4.69) is 10.1 Å². The largest absolute Gasteiger partial charge is 0.396 e. The Balaban J connectivity index is 1.72. The molecule has 1 aliphatic heterocycles. The van der Waals surface area contributed by atoms with Gasteiger partial charge in [-0.15, -0.1) is 0 Å². The second-order valence-electron chi connectivity index (χ2n) is 5.88. The summed E-state index contributed by atoms with van der Waals surface area (Å²) in [6, 6.07) is 7.52. The van der Waals surface area contributed by atoms with Crippen molar-refractivity contribution in [2.45, 2.75) is 38.6 Å². The van der Waals surface area contributed by atoms with Crippen LogP contribution in [0.25, 0.3) is 11.5 Å². The van der Waals surface area contributed by atoms with Crippen LogP contribution in [-0.4, -0.2) is 45.2 Å². The molecule has 0 aliphatic carbocycles. The van der Waals surface area contributed by atoms with E-state index >= 15 is 0 Å². The smallest absolute Gasteiger partial charge is 0.257 e. The highest BCUT2D eigenvalue weighted by Crippen LogP contribution is 2.24. The van der Waals surface area contributed by atoms with Gasteiger partial charge in [-0.3, -0.25) is 4.79 Å². The third-order valence-corrected chi connectivity index (χ3v) is 4.24. The van der Waals surface area contributed by atoms with Gasteiger partial charge in [0.2, 0.25) is 0 Å². The molecule has 1 unspecified atom stereocenters. The van der Waals surface area contributed by atoms with E-state index in [4.69, 9.17) is 9.63 Å². The number of rotatable bonds is 5. The Morgan fingerprint density at radius 2 is 2.17 bits per heavy atom. The van der Waals surface area contributed by atoms with Gasteiger partial charge in [-0.05, 0) is 56.9 Å². The molecule has 1 fully saturated rings. The number of benzene rings is 1. The predicted octanol–water partition coefficient (Wildman–Crippen LogP) is 2.42. The highest BCUT2D eigenvalue weighted by atomic mass is 16.5. The van der Waals surface area contributed by atoms with Crippen LogP contribution in [0.2, 0.25) is 0 Å². The van der Waals surface area contributed by atoms with Gasteiger partial charge >= 0.3 is 0 Å². The number of nitrogens with zero attached hydrogens (tertiary/aromatic N) is 3. The van der Waals surface area contributed by atoms with E-state index in [1.807, 2.05) is 17.0 Å². The molecule has 0 saturated carbocycles.